The molecule has 0 aliphatic carbocycles. The molecule has 0 spiro atoms. The van der Waals surface area contributed by atoms with Gasteiger partial charge in [0, 0.05) is 48.7 Å². The molecule has 10 heteroatoms. The Balaban J connectivity index is 1.41. The van der Waals surface area contributed by atoms with Gasteiger partial charge in [-0.2, -0.15) is 4.98 Å². The van der Waals surface area contributed by atoms with Crippen LogP contribution in [0.25, 0.3) is 0 Å². The minimum Gasteiger partial charge on any atom is -0.497 e. The summed E-state index contributed by atoms with van der Waals surface area (Å²) < 4.78 is 17.6. The van der Waals surface area contributed by atoms with Crippen LogP contribution in [0, 0.1) is 0 Å². The summed E-state index contributed by atoms with van der Waals surface area (Å²) in [5, 5.41) is 4.11. The minimum absolute atomic E-state index is 0.117. The first-order valence-corrected chi connectivity index (χ1v) is 17.6. The van der Waals surface area contributed by atoms with Gasteiger partial charge in [0.2, 0.25) is 5.95 Å². The maximum Gasteiger partial charge on any atom is 0.230 e. The molecule has 1 fully saturated rings. The van der Waals surface area contributed by atoms with Gasteiger partial charge in [0.05, 0.1) is 26.9 Å². The van der Waals surface area contributed by atoms with Gasteiger partial charge in [0.1, 0.15) is 16.7 Å². The molecule has 8 nitrogen and oxygen atoms in total. The van der Waals surface area contributed by atoms with E-state index in [-0.39, 0.29) is 5.04 Å². The summed E-state index contributed by atoms with van der Waals surface area (Å²) in [5.74, 6) is 2.22. The lowest BCUT2D eigenvalue weighted by Crippen LogP contribution is -2.40. The number of morpholine rings is 1. The van der Waals surface area contributed by atoms with Crippen LogP contribution in [0.4, 0.5) is 23.1 Å². The van der Waals surface area contributed by atoms with E-state index in [9.17, 15) is 0 Å². The molecule has 0 unspecified atom stereocenters. The van der Waals surface area contributed by atoms with Gasteiger partial charge in [0.25, 0.3) is 0 Å². The maximum atomic E-state index is 6.71. The Hall–Kier alpha value is -2.85. The van der Waals surface area contributed by atoms with E-state index in [0.717, 1.165) is 74.2 Å². The Bertz CT molecular complexity index is 1360. The first-order valence-electron chi connectivity index (χ1n) is 14.3. The van der Waals surface area contributed by atoms with Crippen LogP contribution in [0.3, 0.4) is 0 Å². The van der Waals surface area contributed by atoms with E-state index in [2.05, 4.69) is 84.3 Å². The minimum atomic E-state index is -1.96. The van der Waals surface area contributed by atoms with Crippen LogP contribution in [0.1, 0.15) is 37.5 Å². The second-order valence-corrected chi connectivity index (χ2v) is 17.4. The van der Waals surface area contributed by atoms with Crippen molar-refractivity contribution in [2.24, 2.45) is 0 Å². The maximum absolute atomic E-state index is 6.71. The molecule has 3 heterocycles. The summed E-state index contributed by atoms with van der Waals surface area (Å²) in [6, 6.07) is 14.6. The molecule has 0 amide bonds. The molecule has 2 aliphatic heterocycles. The highest BCUT2D eigenvalue weighted by Crippen LogP contribution is 2.39. The molecule has 5 rings (SSSR count). The molecule has 220 valence electrons. The molecule has 1 N–H and O–H groups in total. The van der Waals surface area contributed by atoms with E-state index in [1.165, 1.54) is 11.3 Å². The highest BCUT2D eigenvalue weighted by Gasteiger charge is 2.37. The molecule has 0 bridgehead atoms. The number of anilines is 4. The fourth-order valence-electron chi connectivity index (χ4n) is 4.87. The molecule has 2 aliphatic rings. The number of aromatic nitrogens is 2. The fraction of sp³-hybridized carbons (Fsp3) is 0.484. The summed E-state index contributed by atoms with van der Waals surface area (Å²) in [6.07, 6.45) is 0.824. The van der Waals surface area contributed by atoms with Crippen LogP contribution in [-0.4, -0.2) is 58.2 Å². The summed E-state index contributed by atoms with van der Waals surface area (Å²) in [4.78, 5) is 14.2. The van der Waals surface area contributed by atoms with Crippen molar-refractivity contribution in [3.8, 4) is 5.75 Å². The molecule has 2 aromatic carbocycles. The van der Waals surface area contributed by atoms with Gasteiger partial charge >= 0.3 is 0 Å². The van der Waals surface area contributed by atoms with Crippen LogP contribution in [0.15, 0.2) is 42.5 Å². The SMILES string of the molecule is COc1ccc(CN2CCc3c(Cl)nc(Nc4ccc(N5CCOCC5)cc4CO[Si](C)(C)C(C)(C)C)nc32)cc1. The number of ether oxygens (including phenoxy) is 2. The number of hydrogen-bond donors (Lipinski definition) is 1. The molecular formula is C31H42ClN5O3Si. The van der Waals surface area contributed by atoms with Crippen molar-refractivity contribution in [1.82, 2.24) is 9.97 Å². The smallest absolute Gasteiger partial charge is 0.230 e. The van der Waals surface area contributed by atoms with E-state index in [1.807, 2.05) is 12.1 Å². The van der Waals surface area contributed by atoms with Gasteiger partial charge in [-0.3, -0.25) is 0 Å². The average molecular weight is 596 g/mol. The number of nitrogens with zero attached hydrogens (tertiary/aromatic N) is 4. The number of fused-ring (bicyclic) bond motifs is 1. The van der Waals surface area contributed by atoms with E-state index < -0.39 is 8.32 Å². The quantitative estimate of drug-likeness (QED) is 0.214. The zero-order chi connectivity index (χ0) is 29.2. The Morgan fingerprint density at radius 1 is 1.02 bits per heavy atom. The predicted molar refractivity (Wildman–Crippen MR) is 170 cm³/mol. The van der Waals surface area contributed by atoms with Crippen molar-refractivity contribution in [2.45, 2.75) is 58.5 Å². The number of halogens is 1. The van der Waals surface area contributed by atoms with E-state index in [1.54, 1.807) is 7.11 Å². The number of rotatable bonds is 9. The van der Waals surface area contributed by atoms with Gasteiger partial charge in [0.15, 0.2) is 8.32 Å². The molecule has 1 saturated heterocycles. The number of hydrogen-bond acceptors (Lipinski definition) is 8. The lowest BCUT2D eigenvalue weighted by atomic mass is 10.1. The largest absolute Gasteiger partial charge is 0.497 e. The first kappa shape index (κ1) is 29.6. The van der Waals surface area contributed by atoms with Crippen molar-refractivity contribution in [2.75, 3.05) is 55.1 Å². The van der Waals surface area contributed by atoms with Crippen molar-refractivity contribution in [1.29, 1.82) is 0 Å². The Morgan fingerprint density at radius 3 is 2.44 bits per heavy atom. The second-order valence-electron chi connectivity index (χ2n) is 12.3. The molecule has 1 aromatic heterocycles. The van der Waals surface area contributed by atoms with Crippen molar-refractivity contribution >= 4 is 43.1 Å². The zero-order valence-electron chi connectivity index (χ0n) is 25.1. The van der Waals surface area contributed by atoms with Crippen LogP contribution >= 0.6 is 11.6 Å². The van der Waals surface area contributed by atoms with Gasteiger partial charge in [-0.1, -0.05) is 44.5 Å². The lowest BCUT2D eigenvalue weighted by molar-refractivity contribution is 0.122. The first-order chi connectivity index (χ1) is 19.5. The van der Waals surface area contributed by atoms with Crippen LogP contribution in [-0.2, 0) is 28.7 Å². The molecular weight excluding hydrogens is 554 g/mol. The Kier molecular flexibility index (Phi) is 8.80. The number of methoxy groups -OCH3 is 1. The third kappa shape index (κ3) is 6.80. The highest BCUT2D eigenvalue weighted by atomic mass is 35.5. The molecule has 0 saturated carbocycles. The summed E-state index contributed by atoms with van der Waals surface area (Å²) >= 11 is 6.71. The number of nitrogens with one attached hydrogen (secondary N) is 1. The van der Waals surface area contributed by atoms with E-state index >= 15 is 0 Å². The van der Waals surface area contributed by atoms with Crippen molar-refractivity contribution < 1.29 is 13.9 Å². The molecule has 0 atom stereocenters. The Morgan fingerprint density at radius 2 is 1.76 bits per heavy atom. The van der Waals surface area contributed by atoms with Gasteiger partial charge in [-0.15, -0.1) is 0 Å². The average Bonchev–Trinajstić information content (AvgIpc) is 3.35. The molecule has 0 radical (unpaired) electrons. The van der Waals surface area contributed by atoms with Gasteiger partial charge in [-0.25, -0.2) is 4.98 Å². The van der Waals surface area contributed by atoms with Gasteiger partial charge < -0.3 is 29.0 Å². The van der Waals surface area contributed by atoms with Crippen molar-refractivity contribution in [3.63, 3.8) is 0 Å². The molecule has 3 aromatic rings. The summed E-state index contributed by atoms with van der Waals surface area (Å²) in [7, 11) is -0.282. The standard InChI is InChI=1S/C31H42ClN5O3Si/c1-31(2,3)41(5,6)40-21-23-19-24(36-15-17-39-18-16-36)9-12-27(23)33-30-34-28(32)26-13-14-37(29(26)35-30)20-22-7-10-25(38-4)11-8-22/h7-12,19H,13-18,20-21H2,1-6H3,(H,33,34,35). The molecule has 41 heavy (non-hydrogen) atoms. The summed E-state index contributed by atoms with van der Waals surface area (Å²) in [5.41, 5.74) is 5.36. The second kappa shape index (κ2) is 12.2. The summed E-state index contributed by atoms with van der Waals surface area (Å²) in [6.45, 7) is 16.7. The van der Waals surface area contributed by atoms with Crippen LogP contribution < -0.4 is 19.9 Å². The van der Waals surface area contributed by atoms with E-state index in [4.69, 9.17) is 30.5 Å². The normalized spacial score (nSPS) is 15.7. The van der Waals surface area contributed by atoms with Gasteiger partial charge in [-0.05, 0) is 60.4 Å². The Labute approximate surface area is 250 Å². The fourth-order valence-corrected chi connectivity index (χ4v) is 6.08. The van der Waals surface area contributed by atoms with Crippen LogP contribution in [0.5, 0.6) is 5.75 Å². The zero-order valence-corrected chi connectivity index (χ0v) is 26.8. The van der Waals surface area contributed by atoms with Crippen LogP contribution in [0.2, 0.25) is 23.3 Å². The lowest BCUT2D eigenvalue weighted by Gasteiger charge is -2.36. The topological polar surface area (TPSA) is 72.0 Å². The van der Waals surface area contributed by atoms with E-state index in [0.29, 0.717) is 17.7 Å². The highest BCUT2D eigenvalue weighted by molar-refractivity contribution is 6.74. The van der Waals surface area contributed by atoms with Crippen molar-refractivity contribution in [3.05, 3.63) is 64.3 Å². The third-order valence-corrected chi connectivity index (χ3v) is 13.3. The predicted octanol–water partition coefficient (Wildman–Crippen LogP) is 6.80. The third-order valence-electron chi connectivity index (χ3n) is 8.50. The number of benzene rings is 2. The monoisotopic (exact) mass is 595 g/mol.